The smallest absolute Gasteiger partial charge is 0.188 e. The van der Waals surface area contributed by atoms with Crippen LogP contribution in [0.2, 0.25) is 0 Å². The fraction of sp³-hybridized carbons (Fsp3) is 0. The molecule has 4 aromatic carbocycles. The Hall–Kier alpha value is -3.43. The molecule has 0 aliphatic carbocycles. The monoisotopic (exact) mass is 378 g/mol. The highest BCUT2D eigenvalue weighted by Crippen LogP contribution is 2.40. The van der Waals surface area contributed by atoms with Crippen LogP contribution in [0.1, 0.15) is 0 Å². The molecular formula is C25H18N2S. The number of aromatic nitrogens is 1. The van der Waals surface area contributed by atoms with Gasteiger partial charge in [-0.2, -0.15) is 0 Å². The van der Waals surface area contributed by atoms with Crippen molar-refractivity contribution in [2.24, 2.45) is 0 Å². The first-order valence-electron chi connectivity index (χ1n) is 9.25. The molecule has 5 rings (SSSR count). The molecule has 0 aliphatic rings. The molecular weight excluding hydrogens is 360 g/mol. The third-order valence-corrected chi connectivity index (χ3v) is 5.76. The van der Waals surface area contributed by atoms with E-state index in [-0.39, 0.29) is 0 Å². The predicted octanol–water partition coefficient (Wildman–Crippen LogP) is 7.37. The Labute approximate surface area is 168 Å². The number of anilines is 2. The van der Waals surface area contributed by atoms with Crippen molar-refractivity contribution in [3.05, 3.63) is 103 Å². The van der Waals surface area contributed by atoms with Crippen LogP contribution in [0, 0.1) is 0 Å². The van der Waals surface area contributed by atoms with Crippen LogP contribution in [0.5, 0.6) is 0 Å². The molecule has 28 heavy (non-hydrogen) atoms. The molecule has 1 aromatic heterocycles. The molecule has 1 N–H and O–H groups in total. The zero-order valence-electron chi connectivity index (χ0n) is 15.2. The standard InChI is InChI=1S/C25H18N2S/c1-3-11-19(12-4-1)23-24(20-13-5-2-6-14-20)28-25(27-23)26-22-17-9-15-18-10-7-8-16-21(18)22/h1-17H,(H,26,27). The summed E-state index contributed by atoms with van der Waals surface area (Å²) in [5.74, 6) is 0. The van der Waals surface area contributed by atoms with Gasteiger partial charge >= 0.3 is 0 Å². The third-order valence-electron chi connectivity index (χ3n) is 4.74. The van der Waals surface area contributed by atoms with E-state index in [1.165, 1.54) is 21.2 Å². The Kier molecular flexibility index (Phi) is 4.36. The minimum atomic E-state index is 0.897. The van der Waals surface area contributed by atoms with Crippen molar-refractivity contribution in [2.75, 3.05) is 5.32 Å². The minimum absolute atomic E-state index is 0.897. The van der Waals surface area contributed by atoms with Gasteiger partial charge in [-0.1, -0.05) is 108 Å². The summed E-state index contributed by atoms with van der Waals surface area (Å²) in [4.78, 5) is 6.14. The van der Waals surface area contributed by atoms with Gasteiger partial charge in [-0.05, 0) is 17.0 Å². The predicted molar refractivity (Wildman–Crippen MR) is 120 cm³/mol. The summed E-state index contributed by atoms with van der Waals surface area (Å²) in [6.07, 6.45) is 0. The van der Waals surface area contributed by atoms with Crippen molar-refractivity contribution in [1.29, 1.82) is 0 Å². The van der Waals surface area contributed by atoms with Gasteiger partial charge in [-0.15, -0.1) is 0 Å². The van der Waals surface area contributed by atoms with Crippen LogP contribution < -0.4 is 5.32 Å². The van der Waals surface area contributed by atoms with E-state index in [2.05, 4.69) is 96.3 Å². The number of hydrogen-bond acceptors (Lipinski definition) is 3. The molecule has 5 aromatic rings. The average Bonchev–Trinajstić information content (AvgIpc) is 3.19. The van der Waals surface area contributed by atoms with Gasteiger partial charge < -0.3 is 5.32 Å². The van der Waals surface area contributed by atoms with E-state index < -0.39 is 0 Å². The number of benzene rings is 4. The van der Waals surface area contributed by atoms with Gasteiger partial charge in [0.05, 0.1) is 10.6 Å². The lowest BCUT2D eigenvalue weighted by Gasteiger charge is -2.06. The second-order valence-corrected chi connectivity index (χ2v) is 7.58. The Bertz CT molecular complexity index is 1170. The lowest BCUT2D eigenvalue weighted by Crippen LogP contribution is -1.90. The van der Waals surface area contributed by atoms with Gasteiger partial charge in [0.2, 0.25) is 0 Å². The van der Waals surface area contributed by atoms with Crippen LogP contribution in [0.25, 0.3) is 32.5 Å². The zero-order chi connectivity index (χ0) is 18.8. The normalized spacial score (nSPS) is 10.9. The number of nitrogens with zero attached hydrogens (tertiary/aromatic N) is 1. The summed E-state index contributed by atoms with van der Waals surface area (Å²) in [5, 5.41) is 6.87. The molecule has 0 atom stereocenters. The van der Waals surface area contributed by atoms with Gasteiger partial charge in [0.15, 0.2) is 5.13 Å². The van der Waals surface area contributed by atoms with Gasteiger partial charge in [-0.25, -0.2) is 4.98 Å². The van der Waals surface area contributed by atoms with Crippen molar-refractivity contribution >= 4 is 32.9 Å². The molecule has 0 saturated carbocycles. The maximum atomic E-state index is 4.97. The molecule has 0 aliphatic heterocycles. The highest BCUT2D eigenvalue weighted by molar-refractivity contribution is 7.19. The molecule has 0 radical (unpaired) electrons. The average molecular weight is 379 g/mol. The number of fused-ring (bicyclic) bond motifs is 1. The first-order chi connectivity index (χ1) is 13.9. The minimum Gasteiger partial charge on any atom is -0.331 e. The molecule has 0 unspecified atom stereocenters. The van der Waals surface area contributed by atoms with Crippen molar-refractivity contribution < 1.29 is 0 Å². The van der Waals surface area contributed by atoms with E-state index >= 15 is 0 Å². The van der Waals surface area contributed by atoms with E-state index in [4.69, 9.17) is 4.98 Å². The lowest BCUT2D eigenvalue weighted by molar-refractivity contribution is 1.39. The highest BCUT2D eigenvalue weighted by Gasteiger charge is 2.15. The quantitative estimate of drug-likeness (QED) is 0.353. The molecule has 2 nitrogen and oxygen atoms in total. The summed E-state index contributed by atoms with van der Waals surface area (Å²) < 4.78 is 0. The third kappa shape index (κ3) is 3.17. The zero-order valence-corrected chi connectivity index (χ0v) is 16.0. The van der Waals surface area contributed by atoms with Crippen LogP contribution in [0.15, 0.2) is 103 Å². The second kappa shape index (κ2) is 7.29. The molecule has 0 spiro atoms. The largest absolute Gasteiger partial charge is 0.331 e. The van der Waals surface area contributed by atoms with E-state index in [0.29, 0.717) is 0 Å². The van der Waals surface area contributed by atoms with Crippen molar-refractivity contribution in [3.8, 4) is 21.7 Å². The highest BCUT2D eigenvalue weighted by atomic mass is 32.1. The summed E-state index contributed by atoms with van der Waals surface area (Å²) in [7, 11) is 0. The molecule has 1 heterocycles. The van der Waals surface area contributed by atoms with Crippen molar-refractivity contribution in [1.82, 2.24) is 4.98 Å². The van der Waals surface area contributed by atoms with Gasteiger partial charge in [0.1, 0.15) is 0 Å². The Morgan fingerprint density at radius 1 is 0.607 bits per heavy atom. The fourth-order valence-electron chi connectivity index (χ4n) is 3.40. The van der Waals surface area contributed by atoms with E-state index in [0.717, 1.165) is 22.1 Å². The van der Waals surface area contributed by atoms with Crippen LogP contribution in [0.4, 0.5) is 10.8 Å². The Morgan fingerprint density at radius 3 is 2.04 bits per heavy atom. The Morgan fingerprint density at radius 2 is 1.25 bits per heavy atom. The molecule has 0 fully saturated rings. The van der Waals surface area contributed by atoms with E-state index in [1.54, 1.807) is 11.3 Å². The summed E-state index contributed by atoms with van der Waals surface area (Å²) >= 11 is 1.69. The number of hydrogen-bond donors (Lipinski definition) is 1. The first-order valence-corrected chi connectivity index (χ1v) is 10.1. The number of thiazole rings is 1. The maximum absolute atomic E-state index is 4.97. The van der Waals surface area contributed by atoms with Gasteiger partial charge in [0, 0.05) is 16.6 Å². The summed E-state index contributed by atoms with van der Waals surface area (Å²) in [6, 6.07) is 35.6. The van der Waals surface area contributed by atoms with Crippen LogP contribution in [0.3, 0.4) is 0 Å². The van der Waals surface area contributed by atoms with Crippen molar-refractivity contribution in [2.45, 2.75) is 0 Å². The van der Waals surface area contributed by atoms with Gasteiger partial charge in [-0.3, -0.25) is 0 Å². The van der Waals surface area contributed by atoms with E-state index in [9.17, 15) is 0 Å². The van der Waals surface area contributed by atoms with E-state index in [1.807, 2.05) is 12.1 Å². The summed E-state index contributed by atoms with van der Waals surface area (Å²) in [5.41, 5.74) is 4.40. The fourth-order valence-corrected chi connectivity index (χ4v) is 4.41. The molecule has 134 valence electrons. The van der Waals surface area contributed by atoms with Crippen LogP contribution >= 0.6 is 11.3 Å². The molecule has 3 heteroatoms. The van der Waals surface area contributed by atoms with Gasteiger partial charge in [0.25, 0.3) is 0 Å². The number of nitrogens with one attached hydrogen (secondary N) is 1. The maximum Gasteiger partial charge on any atom is 0.188 e. The lowest BCUT2D eigenvalue weighted by atomic mass is 10.1. The SMILES string of the molecule is c1ccc(-c2nc(Nc3cccc4ccccc34)sc2-c2ccccc2)cc1. The van der Waals surface area contributed by atoms with Crippen molar-refractivity contribution in [3.63, 3.8) is 0 Å². The van der Waals surface area contributed by atoms with Crippen LogP contribution in [-0.4, -0.2) is 4.98 Å². The topological polar surface area (TPSA) is 24.9 Å². The second-order valence-electron chi connectivity index (χ2n) is 6.58. The first kappa shape index (κ1) is 16.7. The summed E-state index contributed by atoms with van der Waals surface area (Å²) in [6.45, 7) is 0. The Balaban J connectivity index is 1.62. The molecule has 0 amide bonds. The van der Waals surface area contributed by atoms with Crippen LogP contribution in [-0.2, 0) is 0 Å². The molecule has 0 bridgehead atoms. The molecule has 0 saturated heterocycles. The number of rotatable bonds is 4.